The summed E-state index contributed by atoms with van der Waals surface area (Å²) in [6.07, 6.45) is 19.1. The van der Waals surface area contributed by atoms with Crippen molar-refractivity contribution in [2.75, 3.05) is 6.61 Å². The van der Waals surface area contributed by atoms with E-state index in [4.69, 9.17) is 4.74 Å². The van der Waals surface area contributed by atoms with Crippen molar-refractivity contribution in [3.63, 3.8) is 0 Å². The first-order chi connectivity index (χ1) is 16.7. The van der Waals surface area contributed by atoms with Crippen LogP contribution in [0.1, 0.15) is 109 Å². The number of aromatic nitrogens is 2. The summed E-state index contributed by atoms with van der Waals surface area (Å²) in [5, 5.41) is 8.82. The summed E-state index contributed by atoms with van der Waals surface area (Å²) in [5.41, 5.74) is 2.49. The number of halogens is 1. The van der Waals surface area contributed by atoms with E-state index >= 15 is 0 Å². The second-order valence-electron chi connectivity index (χ2n) is 10.2. The Morgan fingerprint density at radius 2 is 1.50 bits per heavy atom. The second kappa shape index (κ2) is 15.1. The van der Waals surface area contributed by atoms with Crippen LogP contribution in [0.25, 0.3) is 11.3 Å². The number of unbranched alkanes of at least 4 members (excludes halogenated alkanes) is 6. The van der Waals surface area contributed by atoms with E-state index < -0.39 is 0 Å². The van der Waals surface area contributed by atoms with Crippen LogP contribution >= 0.6 is 0 Å². The van der Waals surface area contributed by atoms with Gasteiger partial charge in [-0.2, -0.15) is 10.2 Å². The fourth-order valence-corrected chi connectivity index (χ4v) is 5.16. The van der Waals surface area contributed by atoms with E-state index in [9.17, 15) is 4.39 Å². The number of hydrogen-bond acceptors (Lipinski definition) is 3. The number of hydrogen-bond donors (Lipinski definition) is 0. The van der Waals surface area contributed by atoms with Gasteiger partial charge in [0.25, 0.3) is 0 Å². The van der Waals surface area contributed by atoms with Crippen LogP contribution in [0.5, 0.6) is 5.75 Å². The Hall–Kier alpha value is -1.97. The number of benzene rings is 1. The van der Waals surface area contributed by atoms with Crippen molar-refractivity contribution in [2.24, 2.45) is 11.8 Å². The predicted molar refractivity (Wildman–Crippen MR) is 140 cm³/mol. The molecule has 188 valence electrons. The van der Waals surface area contributed by atoms with Crippen molar-refractivity contribution >= 4 is 0 Å². The van der Waals surface area contributed by atoms with E-state index in [0.29, 0.717) is 18.1 Å². The summed E-state index contributed by atoms with van der Waals surface area (Å²) in [7, 11) is 0. The normalized spacial score (nSPS) is 18.2. The minimum Gasteiger partial charge on any atom is -0.491 e. The van der Waals surface area contributed by atoms with Crippen LogP contribution in [0.4, 0.5) is 4.39 Å². The highest BCUT2D eigenvalue weighted by Crippen LogP contribution is 2.34. The third kappa shape index (κ3) is 9.00. The van der Waals surface area contributed by atoms with Crippen molar-refractivity contribution in [2.45, 2.75) is 110 Å². The highest BCUT2D eigenvalue weighted by Gasteiger charge is 2.20. The third-order valence-corrected chi connectivity index (χ3v) is 7.44. The quantitative estimate of drug-likeness (QED) is 0.245. The lowest BCUT2D eigenvalue weighted by Gasteiger charge is -2.28. The van der Waals surface area contributed by atoms with E-state index in [-0.39, 0.29) is 5.82 Å². The maximum absolute atomic E-state index is 14.5. The number of ether oxygens (including phenoxy) is 1. The van der Waals surface area contributed by atoms with Crippen LogP contribution in [0.15, 0.2) is 30.3 Å². The molecule has 2 aromatic rings. The molecule has 0 amide bonds. The average molecular weight is 469 g/mol. The molecule has 1 heterocycles. The summed E-state index contributed by atoms with van der Waals surface area (Å²) in [5.74, 6) is 1.79. The molecule has 0 spiro atoms. The molecule has 34 heavy (non-hydrogen) atoms. The summed E-state index contributed by atoms with van der Waals surface area (Å²) in [6.45, 7) is 5.05. The Labute approximate surface area is 206 Å². The van der Waals surface area contributed by atoms with Gasteiger partial charge in [-0.1, -0.05) is 90.9 Å². The van der Waals surface area contributed by atoms with Crippen LogP contribution in [0, 0.1) is 17.7 Å². The number of nitrogens with zero attached hydrogens (tertiary/aromatic N) is 2. The molecule has 1 aliphatic carbocycles. The summed E-state index contributed by atoms with van der Waals surface area (Å²) in [6, 6.07) is 9.12. The maximum Gasteiger partial charge on any atom is 0.165 e. The fraction of sp³-hybridized carbons (Fsp3) is 0.667. The molecule has 4 heteroatoms. The lowest BCUT2D eigenvalue weighted by atomic mass is 9.78. The van der Waals surface area contributed by atoms with E-state index in [0.717, 1.165) is 42.4 Å². The van der Waals surface area contributed by atoms with Gasteiger partial charge < -0.3 is 4.74 Å². The molecule has 3 rings (SSSR count). The molecule has 1 fully saturated rings. The van der Waals surface area contributed by atoms with Gasteiger partial charge in [0, 0.05) is 5.56 Å². The highest BCUT2D eigenvalue weighted by atomic mass is 19.1. The molecule has 0 atom stereocenters. The Kier molecular flexibility index (Phi) is 11.8. The first-order valence-electron chi connectivity index (χ1n) is 13.9. The minimum absolute atomic E-state index is 0.323. The Balaban J connectivity index is 1.40. The van der Waals surface area contributed by atoms with Gasteiger partial charge in [0.15, 0.2) is 11.6 Å². The average Bonchev–Trinajstić information content (AvgIpc) is 2.87. The van der Waals surface area contributed by atoms with Crippen molar-refractivity contribution in [3.05, 3.63) is 41.8 Å². The van der Waals surface area contributed by atoms with E-state index in [1.54, 1.807) is 6.07 Å². The van der Waals surface area contributed by atoms with Gasteiger partial charge in [0.1, 0.15) is 0 Å². The first-order valence-corrected chi connectivity index (χ1v) is 13.9. The van der Waals surface area contributed by atoms with Crippen LogP contribution in [-0.4, -0.2) is 16.8 Å². The van der Waals surface area contributed by atoms with Crippen LogP contribution < -0.4 is 4.74 Å². The van der Waals surface area contributed by atoms with Gasteiger partial charge in [-0.15, -0.1) is 0 Å². The molecular weight excluding hydrogens is 423 g/mol. The molecule has 0 aliphatic heterocycles. The van der Waals surface area contributed by atoms with Crippen LogP contribution in [-0.2, 0) is 6.42 Å². The van der Waals surface area contributed by atoms with E-state index in [1.807, 2.05) is 12.1 Å². The number of rotatable bonds is 15. The zero-order valence-corrected chi connectivity index (χ0v) is 21.5. The topological polar surface area (TPSA) is 35.0 Å². The molecule has 0 N–H and O–H groups in total. The standard InChI is InChI=1S/C30H45FN2O/c1-3-5-7-8-10-22-34-30-21-17-26(23-28(30)31)29-20-19-27(32-33-29)18-16-25-14-12-24(13-15-25)11-9-6-4-2/h17,19-21,23-25H,3-16,18,22H2,1-2H3. The van der Waals surface area contributed by atoms with Gasteiger partial charge in [-0.05, 0) is 61.4 Å². The lowest BCUT2D eigenvalue weighted by Crippen LogP contribution is -2.15. The molecule has 0 radical (unpaired) electrons. The van der Waals surface area contributed by atoms with Crippen LogP contribution in [0.2, 0.25) is 0 Å². The van der Waals surface area contributed by atoms with Gasteiger partial charge in [0.05, 0.1) is 18.0 Å². The Morgan fingerprint density at radius 3 is 2.18 bits per heavy atom. The molecule has 1 saturated carbocycles. The zero-order chi connectivity index (χ0) is 24.0. The SMILES string of the molecule is CCCCCCCOc1ccc(-c2ccc(CCC3CCC(CCCCC)CC3)nn2)cc1F. The number of aryl methyl sites for hydroxylation is 1. The molecule has 1 aromatic carbocycles. The van der Waals surface area contributed by atoms with Crippen molar-refractivity contribution in [1.82, 2.24) is 10.2 Å². The van der Waals surface area contributed by atoms with Crippen molar-refractivity contribution < 1.29 is 9.13 Å². The van der Waals surface area contributed by atoms with Crippen molar-refractivity contribution in [3.8, 4) is 17.0 Å². The molecule has 0 unspecified atom stereocenters. The molecule has 3 nitrogen and oxygen atoms in total. The molecule has 0 saturated heterocycles. The molecule has 1 aromatic heterocycles. The molecule has 0 bridgehead atoms. The minimum atomic E-state index is -0.331. The Bertz CT molecular complexity index is 815. The molecular formula is C30H45FN2O. The van der Waals surface area contributed by atoms with E-state index in [1.165, 1.54) is 83.1 Å². The molecule has 1 aliphatic rings. The van der Waals surface area contributed by atoms with Gasteiger partial charge in [-0.25, -0.2) is 4.39 Å². The predicted octanol–water partition coefficient (Wildman–Crippen LogP) is 8.95. The van der Waals surface area contributed by atoms with Crippen molar-refractivity contribution in [1.29, 1.82) is 0 Å². The largest absolute Gasteiger partial charge is 0.491 e. The Morgan fingerprint density at radius 1 is 0.794 bits per heavy atom. The summed E-state index contributed by atoms with van der Waals surface area (Å²) >= 11 is 0. The summed E-state index contributed by atoms with van der Waals surface area (Å²) in [4.78, 5) is 0. The highest BCUT2D eigenvalue weighted by molar-refractivity contribution is 5.59. The third-order valence-electron chi connectivity index (χ3n) is 7.44. The second-order valence-corrected chi connectivity index (χ2v) is 10.2. The van der Waals surface area contributed by atoms with Gasteiger partial charge in [0.2, 0.25) is 0 Å². The maximum atomic E-state index is 14.5. The lowest BCUT2D eigenvalue weighted by molar-refractivity contribution is 0.248. The smallest absolute Gasteiger partial charge is 0.165 e. The fourth-order valence-electron chi connectivity index (χ4n) is 5.16. The van der Waals surface area contributed by atoms with Gasteiger partial charge >= 0.3 is 0 Å². The zero-order valence-electron chi connectivity index (χ0n) is 21.5. The van der Waals surface area contributed by atoms with E-state index in [2.05, 4.69) is 30.1 Å². The summed E-state index contributed by atoms with van der Waals surface area (Å²) < 4.78 is 20.1. The monoisotopic (exact) mass is 468 g/mol. The van der Waals surface area contributed by atoms with Gasteiger partial charge in [-0.3, -0.25) is 0 Å². The first kappa shape index (κ1) is 26.6. The van der Waals surface area contributed by atoms with Crippen LogP contribution in [0.3, 0.4) is 0 Å².